The molecular formula is C11H14F3NS. The van der Waals surface area contributed by atoms with Crippen LogP contribution in [0.25, 0.3) is 0 Å². The van der Waals surface area contributed by atoms with Gasteiger partial charge in [-0.15, -0.1) is 11.3 Å². The van der Waals surface area contributed by atoms with Gasteiger partial charge < -0.3 is 5.73 Å². The van der Waals surface area contributed by atoms with Crippen molar-refractivity contribution in [2.45, 2.75) is 38.3 Å². The minimum atomic E-state index is -4.20. The fraction of sp³-hybridized carbons (Fsp3) is 0.636. The highest BCUT2D eigenvalue weighted by Gasteiger charge is 2.38. The van der Waals surface area contributed by atoms with E-state index in [9.17, 15) is 13.2 Å². The molecule has 1 nitrogen and oxygen atoms in total. The highest BCUT2D eigenvalue weighted by atomic mass is 32.1. The molecule has 0 aliphatic heterocycles. The maximum Gasteiger partial charge on any atom is 0.425 e. The fourth-order valence-electron chi connectivity index (χ4n) is 2.27. The van der Waals surface area contributed by atoms with Crippen molar-refractivity contribution in [3.63, 3.8) is 0 Å². The minimum Gasteiger partial charge on any atom is -0.330 e. The summed E-state index contributed by atoms with van der Waals surface area (Å²) in [6, 6.07) is 0. The van der Waals surface area contributed by atoms with Crippen molar-refractivity contribution in [1.29, 1.82) is 0 Å². The first kappa shape index (κ1) is 11.9. The molecule has 1 aliphatic carbocycles. The summed E-state index contributed by atoms with van der Waals surface area (Å²) >= 11 is 0.902. The highest BCUT2D eigenvalue weighted by molar-refractivity contribution is 7.12. The van der Waals surface area contributed by atoms with Crippen molar-refractivity contribution < 1.29 is 13.2 Å². The normalized spacial score (nSPS) is 16.2. The van der Waals surface area contributed by atoms with Gasteiger partial charge in [-0.2, -0.15) is 13.2 Å². The van der Waals surface area contributed by atoms with E-state index in [1.807, 2.05) is 0 Å². The van der Waals surface area contributed by atoms with E-state index in [0.717, 1.165) is 41.0 Å². The zero-order valence-corrected chi connectivity index (χ0v) is 9.68. The Balaban J connectivity index is 2.46. The quantitative estimate of drug-likeness (QED) is 0.856. The third-order valence-electron chi connectivity index (χ3n) is 2.93. The summed E-state index contributed by atoms with van der Waals surface area (Å²) < 4.78 is 38.4. The van der Waals surface area contributed by atoms with Gasteiger partial charge in [-0.1, -0.05) is 0 Å². The molecule has 90 valence electrons. The molecule has 0 atom stereocenters. The van der Waals surface area contributed by atoms with Crippen LogP contribution in [0, 0.1) is 0 Å². The standard InChI is InChI=1S/C11H14F3NS/c12-11(13,14)10-8-4-2-1-3-7(8)9(16-10)5-6-15/h1-6,15H2. The first-order valence-electron chi connectivity index (χ1n) is 5.44. The van der Waals surface area contributed by atoms with Crippen LogP contribution in [0.1, 0.15) is 33.7 Å². The SMILES string of the molecule is NCCc1sc(C(F)(F)F)c2c1CCCC2. The van der Waals surface area contributed by atoms with Crippen LogP contribution in [0.3, 0.4) is 0 Å². The first-order valence-corrected chi connectivity index (χ1v) is 6.26. The van der Waals surface area contributed by atoms with E-state index in [-0.39, 0.29) is 4.88 Å². The van der Waals surface area contributed by atoms with Gasteiger partial charge in [0.1, 0.15) is 4.88 Å². The Morgan fingerprint density at radius 3 is 2.31 bits per heavy atom. The Kier molecular flexibility index (Phi) is 3.26. The van der Waals surface area contributed by atoms with E-state index in [1.54, 1.807) is 0 Å². The van der Waals surface area contributed by atoms with Crippen molar-refractivity contribution in [1.82, 2.24) is 0 Å². The lowest BCUT2D eigenvalue weighted by molar-refractivity contribution is -0.135. The average molecular weight is 249 g/mol. The second kappa shape index (κ2) is 4.37. The van der Waals surface area contributed by atoms with Crippen LogP contribution in [-0.2, 0) is 25.4 Å². The van der Waals surface area contributed by atoms with Gasteiger partial charge in [0.2, 0.25) is 0 Å². The molecule has 0 spiro atoms. The number of alkyl halides is 3. The second-order valence-electron chi connectivity index (χ2n) is 4.06. The van der Waals surface area contributed by atoms with Gasteiger partial charge in [-0.05, 0) is 49.8 Å². The topological polar surface area (TPSA) is 26.0 Å². The van der Waals surface area contributed by atoms with Gasteiger partial charge in [-0.25, -0.2) is 0 Å². The largest absolute Gasteiger partial charge is 0.425 e. The summed E-state index contributed by atoms with van der Waals surface area (Å²) in [7, 11) is 0. The van der Waals surface area contributed by atoms with Crippen LogP contribution in [-0.4, -0.2) is 6.54 Å². The van der Waals surface area contributed by atoms with Crippen LogP contribution in [0.2, 0.25) is 0 Å². The summed E-state index contributed by atoms with van der Waals surface area (Å²) in [5.41, 5.74) is 6.92. The number of hydrogen-bond acceptors (Lipinski definition) is 2. The van der Waals surface area contributed by atoms with Crippen LogP contribution in [0.15, 0.2) is 0 Å². The number of hydrogen-bond donors (Lipinski definition) is 1. The summed E-state index contributed by atoms with van der Waals surface area (Å²) in [4.78, 5) is 0.468. The predicted molar refractivity (Wildman–Crippen MR) is 58.7 cm³/mol. The maximum absolute atomic E-state index is 12.8. The third-order valence-corrected chi connectivity index (χ3v) is 4.31. The van der Waals surface area contributed by atoms with E-state index < -0.39 is 6.18 Å². The average Bonchev–Trinajstić information content (AvgIpc) is 2.58. The highest BCUT2D eigenvalue weighted by Crippen LogP contribution is 2.43. The van der Waals surface area contributed by atoms with Gasteiger partial charge in [0, 0.05) is 4.88 Å². The lowest BCUT2D eigenvalue weighted by Crippen LogP contribution is -2.10. The molecule has 0 amide bonds. The summed E-state index contributed by atoms with van der Waals surface area (Å²) in [5.74, 6) is 0. The molecule has 0 saturated carbocycles. The zero-order valence-electron chi connectivity index (χ0n) is 8.86. The Bertz CT molecular complexity index is 381. The van der Waals surface area contributed by atoms with Crippen LogP contribution < -0.4 is 5.73 Å². The summed E-state index contributed by atoms with van der Waals surface area (Å²) in [6.45, 7) is 0.421. The van der Waals surface area contributed by atoms with Gasteiger partial charge in [0.05, 0.1) is 0 Å². The van der Waals surface area contributed by atoms with Gasteiger partial charge in [-0.3, -0.25) is 0 Å². The monoisotopic (exact) mass is 249 g/mol. The molecule has 0 saturated heterocycles. The summed E-state index contributed by atoms with van der Waals surface area (Å²) in [6.07, 6.45) is -0.391. The van der Waals surface area contributed by atoms with Crippen molar-refractivity contribution in [2.75, 3.05) is 6.54 Å². The molecule has 2 rings (SSSR count). The molecule has 0 fully saturated rings. The number of rotatable bonds is 2. The number of thiophene rings is 1. The molecule has 0 radical (unpaired) electrons. The molecular weight excluding hydrogens is 235 g/mol. The predicted octanol–water partition coefficient (Wildman–Crippen LogP) is 3.15. The van der Waals surface area contributed by atoms with Crippen LogP contribution in [0.4, 0.5) is 13.2 Å². The lowest BCUT2D eigenvalue weighted by atomic mass is 9.91. The van der Waals surface area contributed by atoms with Gasteiger partial charge >= 0.3 is 6.18 Å². The zero-order chi connectivity index (χ0) is 11.8. The van der Waals surface area contributed by atoms with Crippen LogP contribution >= 0.6 is 11.3 Å². The molecule has 0 bridgehead atoms. The van der Waals surface area contributed by atoms with Crippen molar-refractivity contribution in [3.05, 3.63) is 20.9 Å². The second-order valence-corrected chi connectivity index (χ2v) is 5.16. The number of fused-ring (bicyclic) bond motifs is 1. The van der Waals surface area contributed by atoms with E-state index >= 15 is 0 Å². The van der Waals surface area contributed by atoms with Crippen LogP contribution in [0.5, 0.6) is 0 Å². The van der Waals surface area contributed by atoms with Gasteiger partial charge in [0.15, 0.2) is 0 Å². The number of nitrogens with two attached hydrogens (primary N) is 1. The van der Waals surface area contributed by atoms with Crippen molar-refractivity contribution >= 4 is 11.3 Å². The van der Waals surface area contributed by atoms with E-state index in [0.29, 0.717) is 24.9 Å². The molecule has 0 aromatic carbocycles. The van der Waals surface area contributed by atoms with E-state index in [2.05, 4.69) is 0 Å². The Morgan fingerprint density at radius 2 is 1.75 bits per heavy atom. The van der Waals surface area contributed by atoms with Crippen molar-refractivity contribution in [3.8, 4) is 0 Å². The summed E-state index contributed by atoms with van der Waals surface area (Å²) in [5, 5.41) is 0. The third kappa shape index (κ3) is 2.11. The van der Waals surface area contributed by atoms with Gasteiger partial charge in [0.25, 0.3) is 0 Å². The molecule has 1 aromatic rings. The Hall–Kier alpha value is -0.550. The molecule has 5 heteroatoms. The maximum atomic E-state index is 12.8. The smallest absolute Gasteiger partial charge is 0.330 e. The van der Waals surface area contributed by atoms with E-state index in [1.165, 1.54) is 0 Å². The fourth-order valence-corrected chi connectivity index (χ4v) is 3.55. The molecule has 2 N–H and O–H groups in total. The molecule has 1 heterocycles. The lowest BCUT2D eigenvalue weighted by Gasteiger charge is -2.15. The molecule has 0 unspecified atom stereocenters. The molecule has 16 heavy (non-hydrogen) atoms. The van der Waals surface area contributed by atoms with Crippen molar-refractivity contribution in [2.24, 2.45) is 5.73 Å². The molecule has 1 aromatic heterocycles. The Morgan fingerprint density at radius 1 is 1.12 bits per heavy atom. The minimum absolute atomic E-state index is 0.384. The first-order chi connectivity index (χ1) is 7.54. The Labute approximate surface area is 96.5 Å². The number of halogens is 3. The van der Waals surface area contributed by atoms with E-state index in [4.69, 9.17) is 5.73 Å². The molecule has 1 aliphatic rings.